The Morgan fingerprint density at radius 2 is 1.90 bits per heavy atom. The third-order valence-electron chi connectivity index (χ3n) is 3.72. The Kier molecular flexibility index (Phi) is 4.98. The van der Waals surface area contributed by atoms with E-state index in [0.717, 1.165) is 24.2 Å². The molecule has 0 unspecified atom stereocenters. The van der Waals surface area contributed by atoms with Gasteiger partial charge in [-0.05, 0) is 31.0 Å². The van der Waals surface area contributed by atoms with Gasteiger partial charge in [-0.1, -0.05) is 6.07 Å². The normalized spacial score (nSPS) is 17.8. The molecule has 1 aliphatic heterocycles. The molecule has 1 aromatic rings. The Hall–Kier alpha value is -1.43. The van der Waals surface area contributed by atoms with Crippen LogP contribution in [0.2, 0.25) is 0 Å². The average molecular weight is 301 g/mol. The van der Waals surface area contributed by atoms with Crippen LogP contribution in [-0.2, 0) is 0 Å². The summed E-state index contributed by atoms with van der Waals surface area (Å²) in [7, 11) is 3.96. The second-order valence-corrected chi connectivity index (χ2v) is 5.75. The van der Waals surface area contributed by atoms with E-state index in [9.17, 15) is 13.2 Å². The summed E-state index contributed by atoms with van der Waals surface area (Å²) < 4.78 is 37.0. The van der Waals surface area contributed by atoms with Crippen molar-refractivity contribution < 1.29 is 13.2 Å². The van der Waals surface area contributed by atoms with E-state index >= 15 is 0 Å². The zero-order valence-electron chi connectivity index (χ0n) is 12.5. The second kappa shape index (κ2) is 6.56. The van der Waals surface area contributed by atoms with E-state index < -0.39 is 12.7 Å². The first-order valence-electron chi connectivity index (χ1n) is 7.16. The van der Waals surface area contributed by atoms with Crippen molar-refractivity contribution in [3.05, 3.63) is 24.3 Å². The van der Waals surface area contributed by atoms with Crippen molar-refractivity contribution in [2.45, 2.75) is 25.1 Å². The summed E-state index contributed by atoms with van der Waals surface area (Å²) in [6.07, 6.45) is -2.62. The molecule has 0 aliphatic carbocycles. The zero-order chi connectivity index (χ0) is 15.5. The molecule has 3 nitrogen and oxygen atoms in total. The minimum Gasteiger partial charge on any atom is -0.382 e. The predicted molar refractivity (Wildman–Crippen MR) is 79.9 cm³/mol. The van der Waals surface area contributed by atoms with Gasteiger partial charge in [0.15, 0.2) is 0 Å². The minimum absolute atomic E-state index is 0.242. The SMILES string of the molecule is CN(C)c1cccc(NC2CCN(CC(F)(F)F)CC2)c1. The van der Waals surface area contributed by atoms with Crippen molar-refractivity contribution in [2.24, 2.45) is 0 Å². The van der Waals surface area contributed by atoms with Crippen molar-refractivity contribution in [3.8, 4) is 0 Å². The summed E-state index contributed by atoms with van der Waals surface area (Å²) in [6.45, 7) is 0.185. The summed E-state index contributed by atoms with van der Waals surface area (Å²) in [5.74, 6) is 0. The lowest BCUT2D eigenvalue weighted by Gasteiger charge is -2.33. The lowest BCUT2D eigenvalue weighted by atomic mass is 10.0. The molecule has 1 aromatic carbocycles. The molecule has 21 heavy (non-hydrogen) atoms. The lowest BCUT2D eigenvalue weighted by Crippen LogP contribution is -2.43. The maximum absolute atomic E-state index is 12.3. The quantitative estimate of drug-likeness (QED) is 0.921. The number of nitrogens with zero attached hydrogens (tertiary/aromatic N) is 2. The van der Waals surface area contributed by atoms with E-state index in [-0.39, 0.29) is 6.04 Å². The zero-order valence-corrected chi connectivity index (χ0v) is 12.5. The fraction of sp³-hybridized carbons (Fsp3) is 0.600. The Morgan fingerprint density at radius 1 is 1.24 bits per heavy atom. The molecule has 6 heteroatoms. The molecular weight excluding hydrogens is 279 g/mol. The van der Waals surface area contributed by atoms with Gasteiger partial charge in [0.05, 0.1) is 6.54 Å². The van der Waals surface area contributed by atoms with Gasteiger partial charge < -0.3 is 10.2 Å². The smallest absolute Gasteiger partial charge is 0.382 e. The van der Waals surface area contributed by atoms with Crippen LogP contribution in [0.4, 0.5) is 24.5 Å². The van der Waals surface area contributed by atoms with Crippen molar-refractivity contribution in [2.75, 3.05) is 43.9 Å². The highest BCUT2D eigenvalue weighted by molar-refractivity contribution is 5.57. The first kappa shape index (κ1) is 15.9. The van der Waals surface area contributed by atoms with Gasteiger partial charge in [-0.15, -0.1) is 0 Å². The van der Waals surface area contributed by atoms with Crippen LogP contribution in [0.1, 0.15) is 12.8 Å². The molecule has 1 N–H and O–H groups in total. The average Bonchev–Trinajstić information content (AvgIpc) is 2.40. The summed E-state index contributed by atoms with van der Waals surface area (Å²) in [6, 6.07) is 8.30. The van der Waals surface area contributed by atoms with Gasteiger partial charge in [-0.25, -0.2) is 0 Å². The molecule has 2 rings (SSSR count). The van der Waals surface area contributed by atoms with E-state index in [1.807, 2.05) is 37.2 Å². The number of hydrogen-bond acceptors (Lipinski definition) is 3. The third-order valence-corrected chi connectivity index (χ3v) is 3.72. The fourth-order valence-corrected chi connectivity index (χ4v) is 2.60. The van der Waals surface area contributed by atoms with Crippen molar-refractivity contribution >= 4 is 11.4 Å². The molecule has 118 valence electrons. The molecule has 0 radical (unpaired) electrons. The number of piperidine rings is 1. The molecule has 0 saturated carbocycles. The van der Waals surface area contributed by atoms with Crippen LogP contribution in [0, 0.1) is 0 Å². The van der Waals surface area contributed by atoms with E-state index in [4.69, 9.17) is 0 Å². The number of benzene rings is 1. The van der Waals surface area contributed by atoms with Gasteiger partial charge in [-0.2, -0.15) is 13.2 Å². The summed E-state index contributed by atoms with van der Waals surface area (Å²) >= 11 is 0. The number of halogens is 3. The minimum atomic E-state index is -4.10. The molecule has 1 fully saturated rings. The number of rotatable bonds is 4. The number of nitrogens with one attached hydrogen (secondary N) is 1. The van der Waals surface area contributed by atoms with Gasteiger partial charge in [0.1, 0.15) is 0 Å². The molecule has 0 bridgehead atoms. The van der Waals surface area contributed by atoms with Crippen LogP contribution in [-0.4, -0.2) is 50.8 Å². The number of likely N-dealkylation sites (tertiary alicyclic amines) is 1. The van der Waals surface area contributed by atoms with Crippen molar-refractivity contribution in [1.82, 2.24) is 4.90 Å². The molecule has 1 aliphatic rings. The van der Waals surface area contributed by atoms with Gasteiger partial charge in [0.2, 0.25) is 0 Å². The first-order valence-corrected chi connectivity index (χ1v) is 7.16. The van der Waals surface area contributed by atoms with E-state index in [1.165, 1.54) is 4.90 Å². The number of hydrogen-bond donors (Lipinski definition) is 1. The van der Waals surface area contributed by atoms with Crippen LogP contribution in [0.5, 0.6) is 0 Å². The van der Waals surface area contributed by atoms with Crippen LogP contribution in [0.3, 0.4) is 0 Å². The van der Waals surface area contributed by atoms with Gasteiger partial charge in [-0.3, -0.25) is 4.90 Å². The molecular formula is C15H22F3N3. The Morgan fingerprint density at radius 3 is 2.48 bits per heavy atom. The lowest BCUT2D eigenvalue weighted by molar-refractivity contribution is -0.147. The van der Waals surface area contributed by atoms with Gasteiger partial charge in [0, 0.05) is 44.6 Å². The van der Waals surface area contributed by atoms with Gasteiger partial charge >= 0.3 is 6.18 Å². The number of alkyl halides is 3. The molecule has 0 spiro atoms. The highest BCUT2D eigenvalue weighted by Gasteiger charge is 2.32. The van der Waals surface area contributed by atoms with E-state index in [0.29, 0.717) is 13.1 Å². The topological polar surface area (TPSA) is 18.5 Å². The third kappa shape index (κ3) is 5.12. The standard InChI is InChI=1S/C15H22F3N3/c1-20(2)14-5-3-4-13(10-14)19-12-6-8-21(9-7-12)11-15(16,17)18/h3-5,10,12,19H,6-9,11H2,1-2H3. The molecule has 0 aromatic heterocycles. The fourth-order valence-electron chi connectivity index (χ4n) is 2.60. The van der Waals surface area contributed by atoms with Crippen LogP contribution < -0.4 is 10.2 Å². The number of anilines is 2. The Labute approximate surface area is 123 Å². The molecule has 0 atom stereocenters. The van der Waals surface area contributed by atoms with E-state index in [1.54, 1.807) is 0 Å². The van der Waals surface area contributed by atoms with Gasteiger partial charge in [0.25, 0.3) is 0 Å². The highest BCUT2D eigenvalue weighted by Crippen LogP contribution is 2.23. The largest absolute Gasteiger partial charge is 0.401 e. The monoisotopic (exact) mass is 301 g/mol. The molecule has 0 amide bonds. The summed E-state index contributed by atoms with van der Waals surface area (Å²) in [5.41, 5.74) is 2.13. The van der Waals surface area contributed by atoms with E-state index in [2.05, 4.69) is 11.4 Å². The maximum atomic E-state index is 12.3. The molecule has 1 saturated heterocycles. The second-order valence-electron chi connectivity index (χ2n) is 5.75. The Balaban J connectivity index is 1.85. The predicted octanol–water partition coefficient (Wildman–Crippen LogP) is 3.19. The van der Waals surface area contributed by atoms with Crippen LogP contribution in [0.25, 0.3) is 0 Å². The van der Waals surface area contributed by atoms with Crippen molar-refractivity contribution in [1.29, 1.82) is 0 Å². The van der Waals surface area contributed by atoms with Crippen molar-refractivity contribution in [3.63, 3.8) is 0 Å². The van der Waals surface area contributed by atoms with Crippen LogP contribution >= 0.6 is 0 Å². The summed E-state index contributed by atoms with van der Waals surface area (Å²) in [4.78, 5) is 3.51. The summed E-state index contributed by atoms with van der Waals surface area (Å²) in [5, 5.41) is 3.42. The van der Waals surface area contributed by atoms with Crippen LogP contribution in [0.15, 0.2) is 24.3 Å². The maximum Gasteiger partial charge on any atom is 0.401 e. The highest BCUT2D eigenvalue weighted by atomic mass is 19.4. The Bertz CT molecular complexity index is 452. The first-order chi connectivity index (χ1) is 9.83. The molecule has 1 heterocycles.